The van der Waals surface area contributed by atoms with E-state index in [1.54, 1.807) is 13.0 Å². The molecule has 0 radical (unpaired) electrons. The first-order chi connectivity index (χ1) is 12.3. The third-order valence-corrected chi connectivity index (χ3v) is 5.93. The van der Waals surface area contributed by atoms with Crippen molar-refractivity contribution in [3.05, 3.63) is 52.0 Å². The number of hydrogen-bond donors (Lipinski definition) is 1. The highest BCUT2D eigenvalue weighted by Gasteiger charge is 2.22. The van der Waals surface area contributed by atoms with Crippen molar-refractivity contribution in [2.75, 3.05) is 0 Å². The molecule has 3 nitrogen and oxygen atoms in total. The molecule has 1 atom stereocenters. The van der Waals surface area contributed by atoms with E-state index in [0.717, 1.165) is 11.3 Å². The van der Waals surface area contributed by atoms with Gasteiger partial charge in [0.1, 0.15) is 22.4 Å². The molecule has 0 fully saturated rings. The summed E-state index contributed by atoms with van der Waals surface area (Å²) in [5, 5.41) is 9.90. The summed E-state index contributed by atoms with van der Waals surface area (Å²) in [6.45, 7) is 1.66. The van der Waals surface area contributed by atoms with E-state index in [1.165, 1.54) is 24.3 Å². The topological polar surface area (TPSA) is 46.5 Å². The average molecular weight is 417 g/mol. The highest BCUT2D eigenvalue weighted by atomic mass is 35.5. The summed E-state index contributed by atoms with van der Waals surface area (Å²) in [7, 11) is 0. The van der Waals surface area contributed by atoms with Gasteiger partial charge < -0.3 is 9.84 Å². The molecule has 1 heterocycles. The monoisotopic (exact) mass is 416 g/mol. The Labute approximate surface area is 161 Å². The predicted molar refractivity (Wildman–Crippen MR) is 99.5 cm³/mol. The quantitative estimate of drug-likeness (QED) is 0.523. The van der Waals surface area contributed by atoms with Gasteiger partial charge in [0.25, 0.3) is 0 Å². The molecule has 0 bridgehead atoms. The standard InChI is InChI=1S/C18H12Cl2F2O3S/c1-2-11(18(23)24)25-12-6-8-7-13(26-17(8)16(20)15(12)19)14-9(21)4-3-5-10(14)22/h3-7,11H,2H2,1H3,(H,23,24). The van der Waals surface area contributed by atoms with Crippen molar-refractivity contribution < 1.29 is 23.4 Å². The number of carboxylic acid groups (broad SMARTS) is 1. The number of benzene rings is 2. The lowest BCUT2D eigenvalue weighted by molar-refractivity contribution is -0.145. The summed E-state index contributed by atoms with van der Waals surface area (Å²) >= 11 is 13.6. The van der Waals surface area contributed by atoms with E-state index < -0.39 is 23.7 Å². The Balaban J connectivity index is 2.13. The van der Waals surface area contributed by atoms with Crippen LogP contribution in [0.15, 0.2) is 30.3 Å². The van der Waals surface area contributed by atoms with Gasteiger partial charge in [-0.3, -0.25) is 0 Å². The Hall–Kier alpha value is -1.89. The van der Waals surface area contributed by atoms with E-state index in [-0.39, 0.29) is 27.8 Å². The van der Waals surface area contributed by atoms with Crippen LogP contribution in [0.4, 0.5) is 8.78 Å². The lowest BCUT2D eigenvalue weighted by Crippen LogP contribution is -2.26. The molecule has 0 spiro atoms. The summed E-state index contributed by atoms with van der Waals surface area (Å²) in [6, 6.07) is 6.72. The molecule has 8 heteroatoms. The molecule has 2 aromatic carbocycles. The zero-order valence-electron chi connectivity index (χ0n) is 13.4. The van der Waals surface area contributed by atoms with Gasteiger partial charge in [-0.05, 0) is 36.1 Å². The molecule has 0 saturated heterocycles. The van der Waals surface area contributed by atoms with Crippen molar-refractivity contribution in [2.24, 2.45) is 0 Å². The van der Waals surface area contributed by atoms with Crippen LogP contribution in [-0.4, -0.2) is 17.2 Å². The molecule has 0 saturated carbocycles. The Morgan fingerprint density at radius 3 is 2.46 bits per heavy atom. The van der Waals surface area contributed by atoms with E-state index in [2.05, 4.69) is 0 Å². The summed E-state index contributed by atoms with van der Waals surface area (Å²) in [5.74, 6) is -2.39. The summed E-state index contributed by atoms with van der Waals surface area (Å²) in [4.78, 5) is 11.5. The first-order valence-electron chi connectivity index (χ1n) is 7.58. The first kappa shape index (κ1) is 18.9. The van der Waals surface area contributed by atoms with Crippen LogP contribution in [0, 0.1) is 11.6 Å². The van der Waals surface area contributed by atoms with Gasteiger partial charge >= 0.3 is 5.97 Å². The molecule has 0 aliphatic carbocycles. The fourth-order valence-electron chi connectivity index (χ4n) is 2.50. The van der Waals surface area contributed by atoms with E-state index in [4.69, 9.17) is 33.0 Å². The van der Waals surface area contributed by atoms with Crippen molar-refractivity contribution in [3.63, 3.8) is 0 Å². The molecule has 0 aliphatic heterocycles. The minimum Gasteiger partial charge on any atom is -0.479 e. The van der Waals surface area contributed by atoms with Gasteiger partial charge in [-0.25, -0.2) is 13.6 Å². The van der Waals surface area contributed by atoms with Gasteiger partial charge in [-0.1, -0.05) is 36.2 Å². The van der Waals surface area contributed by atoms with E-state index in [9.17, 15) is 13.6 Å². The highest BCUT2D eigenvalue weighted by Crippen LogP contribution is 2.45. The third kappa shape index (κ3) is 3.37. The number of ether oxygens (including phenoxy) is 1. The number of hydrogen-bond acceptors (Lipinski definition) is 3. The van der Waals surface area contributed by atoms with Gasteiger partial charge in [0.05, 0.1) is 15.3 Å². The summed E-state index contributed by atoms with van der Waals surface area (Å²) < 4.78 is 34.1. The zero-order valence-corrected chi connectivity index (χ0v) is 15.7. The van der Waals surface area contributed by atoms with Gasteiger partial charge in [0.15, 0.2) is 6.10 Å². The molecular weight excluding hydrogens is 405 g/mol. The Bertz CT molecular complexity index is 984. The summed E-state index contributed by atoms with van der Waals surface area (Å²) in [5.41, 5.74) is -0.152. The number of carbonyl (C=O) groups is 1. The third-order valence-electron chi connectivity index (χ3n) is 3.78. The number of fused-ring (bicyclic) bond motifs is 1. The highest BCUT2D eigenvalue weighted by molar-refractivity contribution is 7.23. The van der Waals surface area contributed by atoms with Crippen LogP contribution >= 0.6 is 34.5 Å². The van der Waals surface area contributed by atoms with Gasteiger partial charge in [0, 0.05) is 4.88 Å². The molecule has 0 amide bonds. The van der Waals surface area contributed by atoms with Crippen LogP contribution in [0.2, 0.25) is 10.0 Å². The number of thiophene rings is 1. The molecule has 26 heavy (non-hydrogen) atoms. The largest absolute Gasteiger partial charge is 0.479 e. The second-order valence-corrected chi connectivity index (χ2v) is 7.29. The molecule has 1 unspecified atom stereocenters. The minimum atomic E-state index is -1.13. The SMILES string of the molecule is CCC(Oc1cc2cc(-c3c(F)cccc3F)sc2c(Cl)c1Cl)C(=O)O. The van der Waals surface area contributed by atoms with Crippen molar-refractivity contribution in [1.82, 2.24) is 0 Å². The maximum Gasteiger partial charge on any atom is 0.344 e. The Kier molecular flexibility index (Phi) is 5.37. The second-order valence-electron chi connectivity index (χ2n) is 5.48. The fraction of sp³-hybridized carbons (Fsp3) is 0.167. The number of carboxylic acids is 1. The van der Waals surface area contributed by atoms with Crippen LogP contribution in [-0.2, 0) is 4.79 Å². The number of halogens is 4. The molecule has 0 aliphatic rings. The van der Waals surface area contributed by atoms with Gasteiger partial charge in [0.2, 0.25) is 0 Å². The first-order valence-corrected chi connectivity index (χ1v) is 9.16. The van der Waals surface area contributed by atoms with Crippen LogP contribution < -0.4 is 4.74 Å². The van der Waals surface area contributed by atoms with E-state index >= 15 is 0 Å². The molecule has 136 valence electrons. The normalized spacial score (nSPS) is 12.3. The average Bonchev–Trinajstić information content (AvgIpc) is 3.00. The van der Waals surface area contributed by atoms with Crippen LogP contribution in [0.25, 0.3) is 20.5 Å². The van der Waals surface area contributed by atoms with Gasteiger partial charge in [-0.15, -0.1) is 11.3 Å². The fourth-order valence-corrected chi connectivity index (χ4v) is 4.20. The molecular formula is C18H12Cl2F2O3S. The van der Waals surface area contributed by atoms with Crippen LogP contribution in [0.3, 0.4) is 0 Å². The van der Waals surface area contributed by atoms with Crippen molar-refractivity contribution in [2.45, 2.75) is 19.4 Å². The Morgan fingerprint density at radius 1 is 1.23 bits per heavy atom. The minimum absolute atomic E-state index is 0.0567. The van der Waals surface area contributed by atoms with Gasteiger partial charge in [-0.2, -0.15) is 0 Å². The molecule has 3 rings (SSSR count). The predicted octanol–water partition coefficient (Wildman–Crippen LogP) is 6.40. The smallest absolute Gasteiger partial charge is 0.344 e. The van der Waals surface area contributed by atoms with E-state index in [1.807, 2.05) is 0 Å². The maximum absolute atomic E-state index is 14.0. The van der Waals surface area contributed by atoms with E-state index in [0.29, 0.717) is 15.0 Å². The lowest BCUT2D eigenvalue weighted by Gasteiger charge is -2.15. The van der Waals surface area contributed by atoms with Crippen molar-refractivity contribution >= 4 is 50.6 Å². The zero-order chi connectivity index (χ0) is 19.0. The Morgan fingerprint density at radius 2 is 1.88 bits per heavy atom. The second kappa shape index (κ2) is 7.39. The van der Waals surface area contributed by atoms with Crippen molar-refractivity contribution in [1.29, 1.82) is 0 Å². The lowest BCUT2D eigenvalue weighted by atomic mass is 10.1. The molecule has 1 aromatic heterocycles. The molecule has 1 N–H and O–H groups in total. The number of aliphatic carboxylic acids is 1. The van der Waals surface area contributed by atoms with Crippen molar-refractivity contribution in [3.8, 4) is 16.2 Å². The summed E-state index contributed by atoms with van der Waals surface area (Å²) in [6.07, 6.45) is -0.848. The molecule has 3 aromatic rings. The van der Waals surface area contributed by atoms with Crippen LogP contribution in [0.1, 0.15) is 13.3 Å². The maximum atomic E-state index is 14.0. The van der Waals surface area contributed by atoms with Crippen LogP contribution in [0.5, 0.6) is 5.75 Å². The number of rotatable bonds is 5.